The summed E-state index contributed by atoms with van der Waals surface area (Å²) in [6.07, 6.45) is 1.23. The van der Waals surface area contributed by atoms with Crippen molar-refractivity contribution in [2.45, 2.75) is 31.8 Å². The number of halogens is 1. The molecule has 2 heterocycles. The number of hydrogen-bond donors (Lipinski definition) is 1. The van der Waals surface area contributed by atoms with Crippen molar-refractivity contribution < 1.29 is 19.1 Å². The summed E-state index contributed by atoms with van der Waals surface area (Å²) >= 11 is 6.35. The highest BCUT2D eigenvalue weighted by Gasteiger charge is 2.51. The van der Waals surface area contributed by atoms with E-state index in [4.69, 9.17) is 21.1 Å². The summed E-state index contributed by atoms with van der Waals surface area (Å²) in [4.78, 5) is 27.2. The van der Waals surface area contributed by atoms with Crippen LogP contribution in [0.15, 0.2) is 42.5 Å². The largest absolute Gasteiger partial charge is 0.489 e. The van der Waals surface area contributed by atoms with Gasteiger partial charge >= 0.3 is 6.03 Å². The van der Waals surface area contributed by atoms with Gasteiger partial charge in [0.15, 0.2) is 11.5 Å². The van der Waals surface area contributed by atoms with Crippen LogP contribution in [0.2, 0.25) is 5.02 Å². The van der Waals surface area contributed by atoms with Crippen LogP contribution in [-0.4, -0.2) is 30.1 Å². The maximum absolute atomic E-state index is 13.3. The van der Waals surface area contributed by atoms with Crippen molar-refractivity contribution in [1.82, 2.24) is 10.2 Å². The topological polar surface area (TPSA) is 67.9 Å². The van der Waals surface area contributed by atoms with Gasteiger partial charge < -0.3 is 14.8 Å². The van der Waals surface area contributed by atoms with Crippen molar-refractivity contribution in [3.05, 3.63) is 58.6 Å². The minimum absolute atomic E-state index is 0.107. The molecule has 1 unspecified atom stereocenters. The van der Waals surface area contributed by atoms with Crippen molar-refractivity contribution in [3.63, 3.8) is 0 Å². The Labute approximate surface area is 168 Å². The fourth-order valence-corrected chi connectivity index (χ4v) is 3.98. The van der Waals surface area contributed by atoms with E-state index >= 15 is 0 Å². The van der Waals surface area contributed by atoms with Gasteiger partial charge in [-0.3, -0.25) is 9.69 Å². The lowest BCUT2D eigenvalue weighted by atomic mass is 9.87. The molecular weight excluding hydrogens is 380 g/mol. The molecule has 1 N–H and O–H groups in total. The molecule has 146 valence electrons. The monoisotopic (exact) mass is 400 g/mol. The van der Waals surface area contributed by atoms with E-state index in [-0.39, 0.29) is 12.5 Å². The molecule has 2 aliphatic heterocycles. The third kappa shape index (κ3) is 3.07. The summed E-state index contributed by atoms with van der Waals surface area (Å²) in [5, 5.41) is 3.30. The van der Waals surface area contributed by atoms with Crippen LogP contribution in [0.1, 0.15) is 30.9 Å². The molecule has 7 heteroatoms. The van der Waals surface area contributed by atoms with E-state index in [0.717, 1.165) is 12.0 Å². The van der Waals surface area contributed by atoms with Crippen molar-refractivity contribution >= 4 is 23.5 Å². The molecule has 2 aromatic rings. The van der Waals surface area contributed by atoms with Crippen molar-refractivity contribution in [1.29, 1.82) is 0 Å². The molecule has 0 aromatic heterocycles. The van der Waals surface area contributed by atoms with Crippen LogP contribution >= 0.6 is 11.6 Å². The quantitative estimate of drug-likeness (QED) is 0.791. The van der Waals surface area contributed by atoms with E-state index in [9.17, 15) is 9.59 Å². The Morgan fingerprint density at radius 1 is 1.14 bits per heavy atom. The highest BCUT2D eigenvalue weighted by atomic mass is 35.5. The van der Waals surface area contributed by atoms with E-state index in [2.05, 4.69) is 5.32 Å². The maximum atomic E-state index is 13.3. The first-order chi connectivity index (χ1) is 13.5. The van der Waals surface area contributed by atoms with Gasteiger partial charge in [-0.1, -0.05) is 48.9 Å². The lowest BCUT2D eigenvalue weighted by Gasteiger charge is -2.25. The number of hydrogen-bond acceptors (Lipinski definition) is 4. The number of carbonyl (C=O) groups is 2. The zero-order valence-corrected chi connectivity index (χ0v) is 16.3. The van der Waals surface area contributed by atoms with Crippen LogP contribution in [0, 0.1) is 0 Å². The van der Waals surface area contributed by atoms with Crippen LogP contribution in [0.5, 0.6) is 11.5 Å². The predicted octanol–water partition coefficient (Wildman–Crippen LogP) is 3.86. The molecule has 0 radical (unpaired) electrons. The van der Waals surface area contributed by atoms with Gasteiger partial charge in [-0.25, -0.2) is 4.79 Å². The summed E-state index contributed by atoms with van der Waals surface area (Å²) in [5.74, 6) is 0.776. The number of urea groups is 1. The van der Waals surface area contributed by atoms with Crippen LogP contribution in [0.4, 0.5) is 4.79 Å². The third-order valence-corrected chi connectivity index (χ3v) is 5.46. The van der Waals surface area contributed by atoms with Crippen LogP contribution < -0.4 is 14.8 Å². The Morgan fingerprint density at radius 2 is 1.89 bits per heavy atom. The number of benzene rings is 2. The van der Waals surface area contributed by atoms with Crippen molar-refractivity contribution in [3.8, 4) is 11.5 Å². The Balaban J connectivity index is 1.64. The van der Waals surface area contributed by atoms with E-state index in [1.54, 1.807) is 12.1 Å². The lowest BCUT2D eigenvalue weighted by Crippen LogP contribution is -2.43. The van der Waals surface area contributed by atoms with Gasteiger partial charge in [0.2, 0.25) is 0 Å². The molecule has 1 saturated heterocycles. The van der Waals surface area contributed by atoms with Crippen molar-refractivity contribution in [2.24, 2.45) is 0 Å². The minimum Gasteiger partial charge on any atom is -0.489 e. The first kappa shape index (κ1) is 18.6. The highest BCUT2D eigenvalue weighted by Crippen LogP contribution is 2.39. The number of nitrogens with one attached hydrogen (secondary N) is 1. The molecule has 3 amide bonds. The van der Waals surface area contributed by atoms with E-state index in [1.165, 1.54) is 4.90 Å². The first-order valence-electron chi connectivity index (χ1n) is 9.33. The fourth-order valence-electron chi connectivity index (χ4n) is 3.69. The van der Waals surface area contributed by atoms with Gasteiger partial charge in [0.25, 0.3) is 5.91 Å². The standard InChI is InChI=1S/C21H21ClN2O4/c1-2-21(15-7-4-3-5-8-15)19(25)24(20(26)23-21)13-14-11-16(22)18-17(12-14)27-9-6-10-28-18/h3-5,7-8,11-12H,2,6,9-10,13H2,1H3,(H,23,26). The smallest absolute Gasteiger partial charge is 0.325 e. The highest BCUT2D eigenvalue weighted by molar-refractivity contribution is 6.32. The number of amides is 3. The summed E-state index contributed by atoms with van der Waals surface area (Å²) in [5.41, 5.74) is 0.431. The number of ether oxygens (including phenoxy) is 2. The summed E-state index contributed by atoms with van der Waals surface area (Å²) in [7, 11) is 0. The molecule has 0 aliphatic carbocycles. The Bertz CT molecular complexity index is 918. The minimum atomic E-state index is -1.05. The third-order valence-electron chi connectivity index (χ3n) is 5.18. The first-order valence-corrected chi connectivity index (χ1v) is 9.70. The molecule has 28 heavy (non-hydrogen) atoms. The zero-order valence-electron chi connectivity index (χ0n) is 15.5. The summed E-state index contributed by atoms with van der Waals surface area (Å²) in [6, 6.07) is 12.4. The molecule has 0 bridgehead atoms. The fraction of sp³-hybridized carbons (Fsp3) is 0.333. The van der Waals surface area contributed by atoms with Crippen molar-refractivity contribution in [2.75, 3.05) is 13.2 Å². The van der Waals surface area contributed by atoms with E-state index in [0.29, 0.717) is 41.7 Å². The van der Waals surface area contributed by atoms with Crippen LogP contribution in [-0.2, 0) is 16.9 Å². The number of rotatable bonds is 4. The summed E-state index contributed by atoms with van der Waals surface area (Å²) < 4.78 is 11.3. The SMILES string of the molecule is CCC1(c2ccccc2)NC(=O)N(Cc2cc(Cl)c3c(c2)OCCCO3)C1=O. The van der Waals surface area contributed by atoms with Crippen LogP contribution in [0.25, 0.3) is 0 Å². The second-order valence-electron chi connectivity index (χ2n) is 6.90. The van der Waals surface area contributed by atoms with E-state index in [1.807, 2.05) is 37.3 Å². The molecule has 6 nitrogen and oxygen atoms in total. The number of nitrogens with zero attached hydrogens (tertiary/aromatic N) is 1. The lowest BCUT2D eigenvalue weighted by molar-refractivity contribution is -0.132. The molecule has 0 spiro atoms. The van der Waals surface area contributed by atoms with Gasteiger partial charge in [-0.2, -0.15) is 0 Å². The molecule has 1 atom stereocenters. The molecular formula is C21H21ClN2O4. The normalized spacial score (nSPS) is 21.4. The average molecular weight is 401 g/mol. The van der Waals surface area contributed by atoms with Gasteiger partial charge in [0, 0.05) is 6.42 Å². The number of carbonyl (C=O) groups excluding carboxylic acids is 2. The zero-order chi connectivity index (χ0) is 19.7. The predicted molar refractivity (Wildman–Crippen MR) is 105 cm³/mol. The Morgan fingerprint density at radius 3 is 2.64 bits per heavy atom. The molecule has 1 fully saturated rings. The van der Waals surface area contributed by atoms with Gasteiger partial charge in [0.05, 0.1) is 24.8 Å². The van der Waals surface area contributed by atoms with Gasteiger partial charge in [0.1, 0.15) is 5.54 Å². The van der Waals surface area contributed by atoms with Crippen LogP contribution in [0.3, 0.4) is 0 Å². The second kappa shape index (κ2) is 7.36. The maximum Gasteiger partial charge on any atom is 0.325 e. The van der Waals surface area contributed by atoms with Gasteiger partial charge in [-0.05, 0) is 29.7 Å². The molecule has 2 aromatic carbocycles. The Kier molecular flexibility index (Phi) is 4.89. The molecule has 0 saturated carbocycles. The molecule has 2 aliphatic rings. The summed E-state index contributed by atoms with van der Waals surface area (Å²) in [6.45, 7) is 3.06. The van der Waals surface area contributed by atoms with Gasteiger partial charge in [-0.15, -0.1) is 0 Å². The molecule has 4 rings (SSSR count). The Hall–Kier alpha value is -2.73. The second-order valence-corrected chi connectivity index (χ2v) is 7.31. The number of fused-ring (bicyclic) bond motifs is 1. The average Bonchev–Trinajstić information content (AvgIpc) is 2.86. The number of imide groups is 1. The van der Waals surface area contributed by atoms with E-state index < -0.39 is 11.6 Å².